The number of benzene rings is 1. The molecule has 5 nitrogen and oxygen atoms in total. The number of carbonyl (C=O) groups excluding carboxylic acids is 1. The first-order chi connectivity index (χ1) is 11.6. The molecule has 0 amide bonds. The largest absolute Gasteiger partial charge is 0.465 e. The van der Waals surface area contributed by atoms with Gasteiger partial charge >= 0.3 is 5.97 Å². The molecule has 1 aromatic rings. The van der Waals surface area contributed by atoms with Gasteiger partial charge in [-0.05, 0) is 49.8 Å². The lowest BCUT2D eigenvalue weighted by molar-refractivity contribution is 0.0600. The van der Waals surface area contributed by atoms with Crippen molar-refractivity contribution < 1.29 is 9.53 Å². The molecule has 2 rings (SSSR count). The molecule has 0 aliphatic carbocycles. The summed E-state index contributed by atoms with van der Waals surface area (Å²) in [6.45, 7) is 8.22. The first kappa shape index (κ1) is 18.3. The molecule has 1 aliphatic heterocycles. The van der Waals surface area contributed by atoms with E-state index in [4.69, 9.17) is 9.73 Å². The van der Waals surface area contributed by atoms with Crippen molar-refractivity contribution in [3.05, 3.63) is 35.4 Å². The molecular weight excluding hydrogens is 302 g/mol. The number of nitrogens with one attached hydrogen (secondary N) is 1. The fraction of sp³-hybridized carbons (Fsp3) is 0.579. The van der Waals surface area contributed by atoms with Crippen LogP contribution in [-0.2, 0) is 11.2 Å². The highest BCUT2D eigenvalue weighted by Crippen LogP contribution is 2.16. The Kier molecular flexibility index (Phi) is 7.09. The third-order valence-corrected chi connectivity index (χ3v) is 4.46. The molecule has 0 radical (unpaired) electrons. The standard InChI is InChI=1S/C19H29N3O2/c1-4-20-19(22-13-10-15(2)11-14-22)21-12-9-16-5-7-17(8-6-16)18(23)24-3/h5-8,15H,4,9-14H2,1-3H3,(H,20,21). The molecule has 1 heterocycles. The number of piperidine rings is 1. The van der Waals surface area contributed by atoms with Gasteiger partial charge in [0.1, 0.15) is 0 Å². The smallest absolute Gasteiger partial charge is 0.337 e. The molecule has 24 heavy (non-hydrogen) atoms. The second-order valence-corrected chi connectivity index (χ2v) is 6.34. The Morgan fingerprint density at radius 1 is 1.29 bits per heavy atom. The second kappa shape index (κ2) is 9.30. The maximum Gasteiger partial charge on any atom is 0.337 e. The molecule has 0 atom stereocenters. The Bertz CT molecular complexity index is 546. The third-order valence-electron chi connectivity index (χ3n) is 4.46. The predicted octanol–water partition coefficient (Wildman–Crippen LogP) is 2.71. The lowest BCUT2D eigenvalue weighted by Gasteiger charge is -2.33. The van der Waals surface area contributed by atoms with Crippen LogP contribution in [0.5, 0.6) is 0 Å². The number of esters is 1. The first-order valence-electron chi connectivity index (χ1n) is 8.84. The summed E-state index contributed by atoms with van der Waals surface area (Å²) >= 11 is 0. The molecule has 1 fully saturated rings. The summed E-state index contributed by atoms with van der Waals surface area (Å²) in [7, 11) is 1.40. The van der Waals surface area contributed by atoms with E-state index in [1.807, 2.05) is 24.3 Å². The Morgan fingerprint density at radius 2 is 1.96 bits per heavy atom. The number of hydrogen-bond donors (Lipinski definition) is 1. The summed E-state index contributed by atoms with van der Waals surface area (Å²) < 4.78 is 4.72. The van der Waals surface area contributed by atoms with Crippen LogP contribution in [0.4, 0.5) is 0 Å². The van der Waals surface area contributed by atoms with Crippen molar-refractivity contribution in [2.24, 2.45) is 10.9 Å². The minimum atomic E-state index is -0.298. The zero-order chi connectivity index (χ0) is 17.4. The van der Waals surface area contributed by atoms with Gasteiger partial charge in [-0.15, -0.1) is 0 Å². The molecule has 5 heteroatoms. The molecule has 1 saturated heterocycles. The van der Waals surface area contributed by atoms with Crippen LogP contribution in [-0.4, -0.2) is 50.1 Å². The molecule has 1 N–H and O–H groups in total. The molecule has 0 unspecified atom stereocenters. The zero-order valence-electron chi connectivity index (χ0n) is 15.0. The van der Waals surface area contributed by atoms with Gasteiger partial charge in [0.15, 0.2) is 5.96 Å². The molecule has 0 aromatic heterocycles. The van der Waals surface area contributed by atoms with Crippen LogP contribution < -0.4 is 5.32 Å². The van der Waals surface area contributed by atoms with E-state index in [9.17, 15) is 4.79 Å². The van der Waals surface area contributed by atoms with Crippen molar-refractivity contribution in [1.82, 2.24) is 10.2 Å². The SMILES string of the molecule is CCNC(=NCCc1ccc(C(=O)OC)cc1)N1CCC(C)CC1. The van der Waals surface area contributed by atoms with Crippen LogP contribution in [0.15, 0.2) is 29.3 Å². The van der Waals surface area contributed by atoms with Gasteiger partial charge in [-0.2, -0.15) is 0 Å². The van der Waals surface area contributed by atoms with Crippen LogP contribution in [0, 0.1) is 5.92 Å². The van der Waals surface area contributed by atoms with Crippen LogP contribution in [0.25, 0.3) is 0 Å². The number of nitrogens with zero attached hydrogens (tertiary/aromatic N) is 2. The Morgan fingerprint density at radius 3 is 2.54 bits per heavy atom. The summed E-state index contributed by atoms with van der Waals surface area (Å²) in [5, 5.41) is 3.40. The quantitative estimate of drug-likeness (QED) is 0.512. The van der Waals surface area contributed by atoms with Crippen LogP contribution in [0.2, 0.25) is 0 Å². The van der Waals surface area contributed by atoms with E-state index in [0.29, 0.717) is 5.56 Å². The second-order valence-electron chi connectivity index (χ2n) is 6.34. The van der Waals surface area contributed by atoms with Gasteiger partial charge in [0.05, 0.1) is 12.7 Å². The zero-order valence-corrected chi connectivity index (χ0v) is 15.0. The van der Waals surface area contributed by atoms with Crippen LogP contribution >= 0.6 is 0 Å². The normalized spacial score (nSPS) is 16.1. The summed E-state index contributed by atoms with van der Waals surface area (Å²) in [5.74, 6) is 1.54. The number of methoxy groups -OCH3 is 1. The van der Waals surface area contributed by atoms with Gasteiger partial charge in [-0.1, -0.05) is 19.1 Å². The van der Waals surface area contributed by atoms with E-state index in [1.54, 1.807) is 0 Å². The average molecular weight is 331 g/mol. The van der Waals surface area contributed by atoms with E-state index < -0.39 is 0 Å². The van der Waals surface area contributed by atoms with Crippen LogP contribution in [0.3, 0.4) is 0 Å². The fourth-order valence-electron chi connectivity index (χ4n) is 2.86. The molecule has 0 saturated carbocycles. The van der Waals surface area contributed by atoms with Crippen molar-refractivity contribution in [2.75, 3.05) is 33.3 Å². The van der Waals surface area contributed by atoms with Gasteiger partial charge in [0.2, 0.25) is 0 Å². The number of guanidine groups is 1. The average Bonchev–Trinajstić information content (AvgIpc) is 2.61. The summed E-state index contributed by atoms with van der Waals surface area (Å²) in [4.78, 5) is 18.6. The predicted molar refractivity (Wildman–Crippen MR) is 97.4 cm³/mol. The molecule has 0 spiro atoms. The molecule has 132 valence electrons. The van der Waals surface area contributed by atoms with E-state index in [2.05, 4.69) is 24.1 Å². The molecule has 1 aromatic carbocycles. The van der Waals surface area contributed by atoms with Gasteiger partial charge in [0.25, 0.3) is 0 Å². The highest BCUT2D eigenvalue weighted by atomic mass is 16.5. The topological polar surface area (TPSA) is 53.9 Å². The number of aliphatic imine (C=N–C) groups is 1. The fourth-order valence-corrected chi connectivity index (χ4v) is 2.86. The van der Waals surface area contributed by atoms with Crippen molar-refractivity contribution >= 4 is 11.9 Å². The summed E-state index contributed by atoms with van der Waals surface area (Å²) in [6.07, 6.45) is 3.33. The molecule has 1 aliphatic rings. The maximum absolute atomic E-state index is 11.4. The number of carbonyl (C=O) groups is 1. The highest BCUT2D eigenvalue weighted by molar-refractivity contribution is 5.89. The molecular formula is C19H29N3O2. The monoisotopic (exact) mass is 331 g/mol. The Labute approximate surface area is 145 Å². The summed E-state index contributed by atoms with van der Waals surface area (Å²) in [5.41, 5.74) is 1.76. The first-order valence-corrected chi connectivity index (χ1v) is 8.84. The van der Waals surface area contributed by atoms with Crippen molar-refractivity contribution in [2.45, 2.75) is 33.1 Å². The van der Waals surface area contributed by atoms with Crippen molar-refractivity contribution in [3.8, 4) is 0 Å². The van der Waals surface area contributed by atoms with Crippen LogP contribution in [0.1, 0.15) is 42.6 Å². The van der Waals surface area contributed by atoms with E-state index in [1.165, 1.54) is 25.5 Å². The Hall–Kier alpha value is -2.04. The maximum atomic E-state index is 11.4. The van der Waals surface area contributed by atoms with Gasteiger partial charge in [-0.25, -0.2) is 4.79 Å². The number of ether oxygens (including phenoxy) is 1. The lowest BCUT2D eigenvalue weighted by Crippen LogP contribution is -2.45. The van der Waals surface area contributed by atoms with E-state index in [-0.39, 0.29) is 5.97 Å². The number of hydrogen-bond acceptors (Lipinski definition) is 3. The highest BCUT2D eigenvalue weighted by Gasteiger charge is 2.18. The van der Waals surface area contributed by atoms with Gasteiger partial charge in [0, 0.05) is 26.2 Å². The molecule has 0 bridgehead atoms. The van der Waals surface area contributed by atoms with Gasteiger partial charge < -0.3 is 15.0 Å². The van der Waals surface area contributed by atoms with Crippen molar-refractivity contribution in [1.29, 1.82) is 0 Å². The number of likely N-dealkylation sites (tertiary alicyclic amines) is 1. The Balaban J connectivity index is 1.90. The lowest BCUT2D eigenvalue weighted by atomic mass is 10.00. The summed E-state index contributed by atoms with van der Waals surface area (Å²) in [6, 6.07) is 7.55. The third kappa shape index (κ3) is 5.25. The van der Waals surface area contributed by atoms with E-state index >= 15 is 0 Å². The van der Waals surface area contributed by atoms with E-state index in [0.717, 1.165) is 44.5 Å². The minimum Gasteiger partial charge on any atom is -0.465 e. The minimum absolute atomic E-state index is 0.298. The van der Waals surface area contributed by atoms with Gasteiger partial charge in [-0.3, -0.25) is 4.99 Å². The van der Waals surface area contributed by atoms with Crippen molar-refractivity contribution in [3.63, 3.8) is 0 Å². The number of rotatable bonds is 5.